The topological polar surface area (TPSA) is 96.0 Å². The number of rotatable bonds is 4. The first-order valence-electron chi connectivity index (χ1n) is 5.22. The van der Waals surface area contributed by atoms with Crippen LogP contribution >= 0.6 is 0 Å². The van der Waals surface area contributed by atoms with Crippen molar-refractivity contribution in [1.29, 1.82) is 5.26 Å². The van der Waals surface area contributed by atoms with Gasteiger partial charge in [0.15, 0.2) is 0 Å². The van der Waals surface area contributed by atoms with E-state index < -0.39 is 16.1 Å². The number of nitriles is 1. The van der Waals surface area contributed by atoms with Crippen LogP contribution in [0.4, 0.5) is 5.69 Å². The van der Waals surface area contributed by atoms with Crippen LogP contribution in [0, 0.1) is 23.7 Å². The van der Waals surface area contributed by atoms with Gasteiger partial charge in [0.05, 0.1) is 16.5 Å². The molecule has 1 atom stereocenters. The molecule has 0 aliphatic rings. The lowest BCUT2D eigenvalue weighted by Gasteiger charge is -2.12. The molecule has 0 radical (unpaired) electrons. The van der Waals surface area contributed by atoms with Crippen molar-refractivity contribution < 1.29 is 8.42 Å². The Bertz CT molecular complexity index is 624. The van der Waals surface area contributed by atoms with Gasteiger partial charge in [-0.2, -0.15) is 9.98 Å². The number of hydrogen-bond acceptors (Lipinski definition) is 4. The van der Waals surface area contributed by atoms with Gasteiger partial charge in [-0.1, -0.05) is 12.8 Å². The molecule has 6 heteroatoms. The van der Waals surface area contributed by atoms with Crippen molar-refractivity contribution in [3.05, 3.63) is 23.8 Å². The summed E-state index contributed by atoms with van der Waals surface area (Å²) in [5, 5.41) is 8.92. The highest BCUT2D eigenvalue weighted by atomic mass is 32.2. The van der Waals surface area contributed by atoms with E-state index in [-0.39, 0.29) is 10.5 Å². The minimum atomic E-state index is -3.81. The van der Waals surface area contributed by atoms with E-state index in [9.17, 15) is 8.42 Å². The number of benzene rings is 1. The summed E-state index contributed by atoms with van der Waals surface area (Å²) < 4.78 is 26.5. The van der Waals surface area contributed by atoms with Crippen molar-refractivity contribution in [2.24, 2.45) is 0 Å². The summed E-state index contributed by atoms with van der Waals surface area (Å²) in [4.78, 5) is -0.118. The maximum atomic E-state index is 12.1. The molecular weight excluding hydrogens is 250 g/mol. The van der Waals surface area contributed by atoms with Crippen LogP contribution in [-0.4, -0.2) is 14.5 Å². The molecule has 0 aliphatic carbocycles. The van der Waals surface area contributed by atoms with Gasteiger partial charge >= 0.3 is 0 Å². The van der Waals surface area contributed by atoms with E-state index in [1.54, 1.807) is 13.0 Å². The molecule has 3 N–H and O–H groups in total. The summed E-state index contributed by atoms with van der Waals surface area (Å²) in [6.45, 7) is 1.77. The zero-order valence-corrected chi connectivity index (χ0v) is 10.7. The van der Waals surface area contributed by atoms with E-state index in [0.717, 1.165) is 0 Å². The minimum Gasteiger partial charge on any atom is -0.399 e. The monoisotopic (exact) mass is 263 g/mol. The van der Waals surface area contributed by atoms with Crippen molar-refractivity contribution in [2.75, 3.05) is 5.73 Å². The summed E-state index contributed by atoms with van der Waals surface area (Å²) in [6.07, 6.45) is 5.67. The van der Waals surface area contributed by atoms with E-state index in [2.05, 4.69) is 10.6 Å². The number of nitrogen functional groups attached to an aromatic ring is 1. The van der Waals surface area contributed by atoms with Gasteiger partial charge in [0.2, 0.25) is 10.0 Å². The summed E-state index contributed by atoms with van der Waals surface area (Å²) in [5.41, 5.74) is 5.82. The van der Waals surface area contributed by atoms with Crippen molar-refractivity contribution in [3.8, 4) is 18.4 Å². The van der Waals surface area contributed by atoms with Crippen LogP contribution in [0.25, 0.3) is 0 Å². The summed E-state index contributed by atoms with van der Waals surface area (Å²) in [6, 6.07) is 5.23. The van der Waals surface area contributed by atoms with Gasteiger partial charge in [0.25, 0.3) is 0 Å². The molecule has 5 nitrogen and oxygen atoms in total. The zero-order valence-electron chi connectivity index (χ0n) is 9.84. The molecule has 1 aromatic rings. The Morgan fingerprint density at radius 2 is 2.22 bits per heavy atom. The van der Waals surface area contributed by atoms with Gasteiger partial charge in [-0.05, 0) is 24.6 Å². The summed E-state index contributed by atoms with van der Waals surface area (Å²) >= 11 is 0. The molecular formula is C12H13N3O2S. The Morgan fingerprint density at radius 3 is 2.72 bits per heavy atom. The van der Waals surface area contributed by atoms with Crippen molar-refractivity contribution in [1.82, 2.24) is 4.72 Å². The van der Waals surface area contributed by atoms with Gasteiger partial charge in [-0.3, -0.25) is 0 Å². The number of nitrogens with two attached hydrogens (primary N) is 1. The second-order valence-electron chi connectivity index (χ2n) is 3.62. The third-order valence-electron chi connectivity index (χ3n) is 2.32. The van der Waals surface area contributed by atoms with Crippen LogP contribution in [0.5, 0.6) is 0 Å². The number of nitrogens with one attached hydrogen (secondary N) is 1. The lowest BCUT2D eigenvalue weighted by atomic mass is 10.2. The Labute approximate surface area is 107 Å². The summed E-state index contributed by atoms with van der Waals surface area (Å²) in [7, 11) is -3.81. The zero-order chi connectivity index (χ0) is 13.8. The molecule has 0 saturated heterocycles. The first kappa shape index (κ1) is 14.0. The van der Waals surface area contributed by atoms with E-state index in [1.165, 1.54) is 18.2 Å². The van der Waals surface area contributed by atoms with Crippen LogP contribution in [0.15, 0.2) is 23.1 Å². The average Bonchev–Trinajstić information content (AvgIpc) is 2.35. The Balaban J connectivity index is 3.22. The molecule has 0 saturated carbocycles. The van der Waals surface area contributed by atoms with Crippen molar-refractivity contribution in [3.63, 3.8) is 0 Å². The van der Waals surface area contributed by atoms with Crippen LogP contribution in [-0.2, 0) is 10.0 Å². The number of hydrogen-bond donors (Lipinski definition) is 2. The van der Waals surface area contributed by atoms with Crippen LogP contribution < -0.4 is 10.5 Å². The Kier molecular flexibility index (Phi) is 4.33. The molecule has 0 aromatic heterocycles. The van der Waals surface area contributed by atoms with Crippen LogP contribution in [0.2, 0.25) is 0 Å². The number of anilines is 1. The highest BCUT2D eigenvalue weighted by molar-refractivity contribution is 7.89. The van der Waals surface area contributed by atoms with E-state index in [4.69, 9.17) is 17.4 Å². The summed E-state index contributed by atoms with van der Waals surface area (Å²) in [5.74, 6) is 2.33. The molecule has 94 valence electrons. The molecule has 0 spiro atoms. The van der Waals surface area contributed by atoms with Gasteiger partial charge in [0.1, 0.15) is 6.07 Å². The van der Waals surface area contributed by atoms with Crippen LogP contribution in [0.1, 0.15) is 18.9 Å². The van der Waals surface area contributed by atoms with E-state index >= 15 is 0 Å². The number of terminal acetylenes is 1. The molecule has 1 rings (SSSR count). The fourth-order valence-corrected chi connectivity index (χ4v) is 2.73. The van der Waals surface area contributed by atoms with Gasteiger partial charge in [-0.25, -0.2) is 8.42 Å². The standard InChI is InChI=1S/C12H13N3O2S/c1-3-11(4-2)15-18(16,17)12-6-5-10(14)7-9(12)8-13/h1,5-7,11,15H,4,14H2,2H3. The minimum absolute atomic E-state index is 0.00521. The normalized spacial score (nSPS) is 12.4. The first-order valence-corrected chi connectivity index (χ1v) is 6.71. The molecule has 1 aromatic carbocycles. The largest absolute Gasteiger partial charge is 0.399 e. The van der Waals surface area contributed by atoms with Gasteiger partial charge in [0, 0.05) is 5.69 Å². The fraction of sp³-hybridized carbons (Fsp3) is 0.250. The lowest BCUT2D eigenvalue weighted by Crippen LogP contribution is -2.33. The van der Waals surface area contributed by atoms with Crippen molar-refractivity contribution >= 4 is 15.7 Å². The smallest absolute Gasteiger partial charge is 0.242 e. The Morgan fingerprint density at radius 1 is 1.56 bits per heavy atom. The highest BCUT2D eigenvalue weighted by Crippen LogP contribution is 2.18. The maximum absolute atomic E-state index is 12.1. The molecule has 0 amide bonds. The first-order chi connectivity index (χ1) is 8.44. The van der Waals surface area contributed by atoms with Crippen molar-refractivity contribution in [2.45, 2.75) is 24.3 Å². The predicted octanol–water partition coefficient (Wildman–Crippen LogP) is 0.831. The second-order valence-corrected chi connectivity index (χ2v) is 5.30. The second kappa shape index (κ2) is 5.54. The average molecular weight is 263 g/mol. The predicted molar refractivity (Wildman–Crippen MR) is 68.8 cm³/mol. The fourth-order valence-electron chi connectivity index (χ4n) is 1.36. The van der Waals surface area contributed by atoms with Gasteiger partial charge in [-0.15, -0.1) is 6.42 Å². The quantitative estimate of drug-likeness (QED) is 0.621. The molecule has 1 unspecified atom stereocenters. The van der Waals surface area contributed by atoms with E-state index in [1.807, 2.05) is 0 Å². The third-order valence-corrected chi connectivity index (χ3v) is 3.85. The number of sulfonamides is 1. The lowest BCUT2D eigenvalue weighted by molar-refractivity contribution is 0.570. The SMILES string of the molecule is C#CC(CC)NS(=O)(=O)c1ccc(N)cc1C#N. The number of nitrogens with zero attached hydrogens (tertiary/aromatic N) is 1. The molecule has 0 bridgehead atoms. The molecule has 0 heterocycles. The maximum Gasteiger partial charge on any atom is 0.242 e. The molecule has 18 heavy (non-hydrogen) atoms. The van der Waals surface area contributed by atoms with Crippen LogP contribution in [0.3, 0.4) is 0 Å². The molecule has 0 aliphatic heterocycles. The van der Waals surface area contributed by atoms with Gasteiger partial charge < -0.3 is 5.73 Å². The van der Waals surface area contributed by atoms with E-state index in [0.29, 0.717) is 12.1 Å². The molecule has 0 fully saturated rings. The Hall–Kier alpha value is -2.02. The third kappa shape index (κ3) is 3.01. The highest BCUT2D eigenvalue weighted by Gasteiger charge is 2.21.